The molecule has 1 fully saturated rings. The van der Waals surface area contributed by atoms with Crippen molar-refractivity contribution in [1.82, 2.24) is 15.5 Å². The normalized spacial score (nSPS) is 18.2. The van der Waals surface area contributed by atoms with Gasteiger partial charge in [-0.3, -0.25) is 4.79 Å². The van der Waals surface area contributed by atoms with Crippen LogP contribution >= 0.6 is 0 Å². The van der Waals surface area contributed by atoms with Crippen LogP contribution < -0.4 is 16.4 Å². The fourth-order valence-electron chi connectivity index (χ4n) is 2.22. The van der Waals surface area contributed by atoms with Crippen molar-refractivity contribution in [1.29, 1.82) is 0 Å². The van der Waals surface area contributed by atoms with Gasteiger partial charge in [-0.2, -0.15) is 0 Å². The predicted molar refractivity (Wildman–Crippen MR) is 72.0 cm³/mol. The van der Waals surface area contributed by atoms with Crippen molar-refractivity contribution in [2.24, 2.45) is 5.73 Å². The molecule has 5 N–H and O–H groups in total. The van der Waals surface area contributed by atoms with E-state index in [0.29, 0.717) is 0 Å². The average Bonchev–Trinajstić information content (AvgIpc) is 2.79. The van der Waals surface area contributed by atoms with Crippen LogP contribution in [0, 0.1) is 0 Å². The van der Waals surface area contributed by atoms with Crippen molar-refractivity contribution in [3.8, 4) is 0 Å². The highest BCUT2D eigenvalue weighted by atomic mass is 16.4. The predicted octanol–water partition coefficient (Wildman–Crippen LogP) is -0.901. The summed E-state index contributed by atoms with van der Waals surface area (Å²) in [6, 6.07) is -2.01. The molecule has 1 aliphatic heterocycles. The number of urea groups is 1. The Balaban J connectivity index is 2.36. The van der Waals surface area contributed by atoms with Crippen molar-refractivity contribution in [3.63, 3.8) is 0 Å². The van der Waals surface area contributed by atoms with Gasteiger partial charge < -0.3 is 26.4 Å². The largest absolute Gasteiger partial charge is 0.480 e. The molecule has 20 heavy (non-hydrogen) atoms. The third-order valence-electron chi connectivity index (χ3n) is 3.12. The number of carbonyl (C=O) groups is 3. The van der Waals surface area contributed by atoms with Crippen molar-refractivity contribution in [2.75, 3.05) is 19.6 Å². The third kappa shape index (κ3) is 5.87. The number of carbonyl (C=O) groups excluding carboxylic acids is 2. The van der Waals surface area contributed by atoms with Crippen LogP contribution in [0.5, 0.6) is 0 Å². The van der Waals surface area contributed by atoms with Crippen molar-refractivity contribution in [3.05, 3.63) is 0 Å². The minimum atomic E-state index is -1.30. The van der Waals surface area contributed by atoms with Crippen LogP contribution in [0.3, 0.4) is 0 Å². The lowest BCUT2D eigenvalue weighted by Gasteiger charge is -2.22. The summed E-state index contributed by atoms with van der Waals surface area (Å²) in [4.78, 5) is 35.5. The maximum Gasteiger partial charge on any atom is 0.326 e. The lowest BCUT2D eigenvalue weighted by molar-refractivity contribution is -0.140. The van der Waals surface area contributed by atoms with Crippen molar-refractivity contribution >= 4 is 17.9 Å². The number of carboxylic acids is 1. The Morgan fingerprint density at radius 1 is 1.25 bits per heavy atom. The first-order chi connectivity index (χ1) is 9.38. The van der Waals surface area contributed by atoms with E-state index in [9.17, 15) is 14.4 Å². The standard InChI is InChI=1S/C12H22N4O4/c1-8(7-16-4-2-3-5-16)14-12(20)15-9(11(18)19)6-10(13)17/h8-9H,2-7H2,1H3,(H2,13,17)(H,18,19)(H2,14,15,20)/t8?,9-/m1/s1. The molecule has 0 saturated carbocycles. The summed E-state index contributed by atoms with van der Waals surface area (Å²) >= 11 is 0. The Morgan fingerprint density at radius 2 is 1.85 bits per heavy atom. The van der Waals surface area contributed by atoms with E-state index >= 15 is 0 Å². The van der Waals surface area contributed by atoms with E-state index in [-0.39, 0.29) is 6.04 Å². The van der Waals surface area contributed by atoms with E-state index < -0.39 is 30.4 Å². The van der Waals surface area contributed by atoms with Crippen LogP contribution in [-0.4, -0.2) is 59.6 Å². The average molecular weight is 286 g/mol. The molecular weight excluding hydrogens is 264 g/mol. The lowest BCUT2D eigenvalue weighted by Crippen LogP contribution is -2.51. The SMILES string of the molecule is CC(CN1CCCC1)NC(=O)N[C@H](CC(N)=O)C(=O)O. The first kappa shape index (κ1) is 16.2. The molecule has 0 radical (unpaired) electrons. The number of hydrogen-bond acceptors (Lipinski definition) is 4. The number of primary amides is 1. The van der Waals surface area contributed by atoms with Gasteiger partial charge in [-0.05, 0) is 32.9 Å². The molecule has 1 aliphatic rings. The van der Waals surface area contributed by atoms with E-state index in [2.05, 4.69) is 15.5 Å². The molecule has 1 unspecified atom stereocenters. The van der Waals surface area contributed by atoms with Gasteiger partial charge in [-0.1, -0.05) is 0 Å². The second-order valence-electron chi connectivity index (χ2n) is 5.09. The Kier molecular flexibility index (Phi) is 6.23. The fraction of sp³-hybridized carbons (Fsp3) is 0.750. The number of rotatable bonds is 7. The molecule has 8 nitrogen and oxygen atoms in total. The molecular formula is C12H22N4O4. The number of likely N-dealkylation sites (tertiary alicyclic amines) is 1. The summed E-state index contributed by atoms with van der Waals surface area (Å²) in [5, 5.41) is 13.8. The third-order valence-corrected chi connectivity index (χ3v) is 3.12. The van der Waals surface area contributed by atoms with E-state index in [0.717, 1.165) is 19.6 Å². The Morgan fingerprint density at radius 3 is 2.35 bits per heavy atom. The van der Waals surface area contributed by atoms with E-state index in [1.165, 1.54) is 12.8 Å². The van der Waals surface area contributed by atoms with Gasteiger partial charge in [-0.25, -0.2) is 9.59 Å². The molecule has 0 aliphatic carbocycles. The van der Waals surface area contributed by atoms with Gasteiger partial charge in [0.25, 0.3) is 0 Å². The Hall–Kier alpha value is -1.83. The second-order valence-corrected chi connectivity index (χ2v) is 5.09. The number of nitrogens with two attached hydrogens (primary N) is 1. The van der Waals surface area contributed by atoms with E-state index in [1.54, 1.807) is 0 Å². The zero-order chi connectivity index (χ0) is 15.1. The van der Waals surface area contributed by atoms with Crippen molar-refractivity contribution in [2.45, 2.75) is 38.3 Å². The molecule has 0 aromatic carbocycles. The van der Waals surface area contributed by atoms with Gasteiger partial charge in [0.2, 0.25) is 5.91 Å². The Labute approximate surface area is 117 Å². The van der Waals surface area contributed by atoms with Gasteiger partial charge in [0.15, 0.2) is 0 Å². The monoisotopic (exact) mass is 286 g/mol. The van der Waals surface area contributed by atoms with Crippen LogP contribution in [0.15, 0.2) is 0 Å². The topological polar surface area (TPSA) is 125 Å². The fourth-order valence-corrected chi connectivity index (χ4v) is 2.22. The molecule has 0 bridgehead atoms. The number of hydrogen-bond donors (Lipinski definition) is 4. The zero-order valence-corrected chi connectivity index (χ0v) is 11.6. The summed E-state index contributed by atoms with van der Waals surface area (Å²) in [7, 11) is 0. The quantitative estimate of drug-likeness (QED) is 0.482. The van der Waals surface area contributed by atoms with Crippen molar-refractivity contribution < 1.29 is 19.5 Å². The minimum Gasteiger partial charge on any atom is -0.480 e. The molecule has 8 heteroatoms. The second kappa shape index (κ2) is 7.68. The molecule has 0 aromatic heterocycles. The Bertz CT molecular complexity index is 368. The summed E-state index contributed by atoms with van der Waals surface area (Å²) in [5.74, 6) is -2.06. The summed E-state index contributed by atoms with van der Waals surface area (Å²) in [5.41, 5.74) is 4.94. The molecule has 0 aromatic rings. The number of nitrogens with one attached hydrogen (secondary N) is 2. The van der Waals surface area contributed by atoms with Gasteiger partial charge >= 0.3 is 12.0 Å². The lowest BCUT2D eigenvalue weighted by atomic mass is 10.2. The summed E-state index contributed by atoms with van der Waals surface area (Å²) in [6.45, 7) is 4.61. The number of carboxylic acid groups (broad SMARTS) is 1. The van der Waals surface area contributed by atoms with E-state index in [1.807, 2.05) is 6.92 Å². The maximum atomic E-state index is 11.7. The first-order valence-corrected chi connectivity index (χ1v) is 6.69. The molecule has 0 spiro atoms. The highest BCUT2D eigenvalue weighted by Crippen LogP contribution is 2.07. The maximum absolute atomic E-state index is 11.7. The molecule has 114 valence electrons. The highest BCUT2D eigenvalue weighted by molar-refractivity contribution is 5.87. The zero-order valence-electron chi connectivity index (χ0n) is 11.6. The molecule has 1 saturated heterocycles. The van der Waals surface area contributed by atoms with E-state index in [4.69, 9.17) is 10.8 Å². The van der Waals surface area contributed by atoms with Gasteiger partial charge in [0, 0.05) is 12.6 Å². The minimum absolute atomic E-state index is 0.101. The van der Waals surface area contributed by atoms with Crippen LogP contribution in [0.25, 0.3) is 0 Å². The molecule has 3 amide bonds. The number of aliphatic carboxylic acids is 1. The first-order valence-electron chi connectivity index (χ1n) is 6.69. The van der Waals surface area contributed by atoms with Gasteiger partial charge in [0.1, 0.15) is 6.04 Å². The highest BCUT2D eigenvalue weighted by Gasteiger charge is 2.23. The molecule has 1 heterocycles. The molecule has 2 atom stereocenters. The van der Waals surface area contributed by atoms with Gasteiger partial charge in [-0.15, -0.1) is 0 Å². The molecule has 1 rings (SSSR count). The summed E-state index contributed by atoms with van der Waals surface area (Å²) in [6.07, 6.45) is 1.90. The summed E-state index contributed by atoms with van der Waals surface area (Å²) < 4.78 is 0. The smallest absolute Gasteiger partial charge is 0.326 e. The van der Waals surface area contributed by atoms with Crippen LogP contribution in [0.4, 0.5) is 4.79 Å². The van der Waals surface area contributed by atoms with Gasteiger partial charge in [0.05, 0.1) is 6.42 Å². The number of amides is 3. The van der Waals surface area contributed by atoms with Crippen LogP contribution in [0.2, 0.25) is 0 Å². The van der Waals surface area contributed by atoms with Crippen LogP contribution in [0.1, 0.15) is 26.2 Å². The van der Waals surface area contributed by atoms with Crippen LogP contribution in [-0.2, 0) is 9.59 Å². The number of nitrogens with zero attached hydrogens (tertiary/aromatic N) is 1.